The summed E-state index contributed by atoms with van der Waals surface area (Å²) in [4.78, 5) is 0. The van der Waals surface area contributed by atoms with Crippen LogP contribution in [-0.2, 0) is 9.47 Å². The number of ether oxygens (including phenoxy) is 2. The van der Waals surface area contributed by atoms with E-state index in [1.54, 1.807) is 0 Å². The third-order valence-electron chi connectivity index (χ3n) is 6.93. The van der Waals surface area contributed by atoms with Crippen molar-refractivity contribution in [2.75, 3.05) is 13.7 Å². The van der Waals surface area contributed by atoms with Crippen LogP contribution in [-0.4, -0.2) is 36.6 Å². The Labute approximate surface area is 122 Å². The van der Waals surface area contributed by atoms with Crippen molar-refractivity contribution in [3.05, 3.63) is 12.7 Å². The molecule has 2 saturated carbocycles. The van der Waals surface area contributed by atoms with Crippen molar-refractivity contribution in [2.45, 2.75) is 57.8 Å². The fraction of sp³-hybridized carbons (Fsp3) is 0.882. The lowest BCUT2D eigenvalue weighted by Crippen LogP contribution is -2.46. The summed E-state index contributed by atoms with van der Waals surface area (Å²) >= 11 is 0. The zero-order valence-corrected chi connectivity index (χ0v) is 13.2. The van der Waals surface area contributed by atoms with Crippen LogP contribution >= 0.6 is 0 Å². The van der Waals surface area contributed by atoms with Gasteiger partial charge in [0, 0.05) is 13.7 Å². The number of hydrogen-bond acceptors (Lipinski definition) is 3. The Morgan fingerprint density at radius 3 is 2.65 bits per heavy atom. The average Bonchev–Trinajstić information content (AvgIpc) is 3.01. The maximum atomic E-state index is 9.52. The Morgan fingerprint density at radius 2 is 2.10 bits per heavy atom. The number of rotatable bonds is 4. The van der Waals surface area contributed by atoms with Crippen LogP contribution in [0.25, 0.3) is 0 Å². The monoisotopic (exact) mass is 280 g/mol. The molecule has 0 radical (unpaired) electrons. The Morgan fingerprint density at radius 1 is 1.40 bits per heavy atom. The van der Waals surface area contributed by atoms with Gasteiger partial charge in [0.1, 0.15) is 5.60 Å². The van der Waals surface area contributed by atoms with Gasteiger partial charge in [0.25, 0.3) is 0 Å². The first-order chi connectivity index (χ1) is 9.36. The molecule has 0 aromatic rings. The number of hydrogen-bond donors (Lipinski definition) is 1. The van der Waals surface area contributed by atoms with E-state index in [1.807, 2.05) is 7.11 Å². The normalized spacial score (nSPS) is 52.2. The molecule has 1 unspecified atom stereocenters. The van der Waals surface area contributed by atoms with Gasteiger partial charge in [-0.3, -0.25) is 0 Å². The first-order valence-electron chi connectivity index (χ1n) is 7.81. The fourth-order valence-electron chi connectivity index (χ4n) is 5.46. The van der Waals surface area contributed by atoms with E-state index in [-0.39, 0.29) is 29.1 Å². The molecule has 0 bridgehead atoms. The molecule has 1 heterocycles. The average molecular weight is 280 g/mol. The summed E-state index contributed by atoms with van der Waals surface area (Å²) in [5.41, 5.74) is 0.0652. The van der Waals surface area contributed by atoms with E-state index in [4.69, 9.17) is 9.47 Å². The lowest BCUT2D eigenvalue weighted by molar-refractivity contribution is -0.0330. The van der Waals surface area contributed by atoms with E-state index in [9.17, 15) is 5.11 Å². The highest BCUT2D eigenvalue weighted by Gasteiger charge is 2.71. The lowest BCUT2D eigenvalue weighted by atomic mass is 9.61. The van der Waals surface area contributed by atoms with Gasteiger partial charge in [0.15, 0.2) is 0 Å². The molecule has 3 nitrogen and oxygen atoms in total. The number of methoxy groups -OCH3 is 1. The van der Waals surface area contributed by atoms with Gasteiger partial charge in [-0.25, -0.2) is 0 Å². The van der Waals surface area contributed by atoms with Crippen molar-refractivity contribution < 1.29 is 14.6 Å². The Balaban J connectivity index is 1.97. The van der Waals surface area contributed by atoms with Gasteiger partial charge < -0.3 is 14.6 Å². The Bertz CT molecular complexity index is 418. The molecule has 3 rings (SSSR count). The molecule has 3 aliphatic rings. The van der Waals surface area contributed by atoms with Crippen molar-refractivity contribution in [1.82, 2.24) is 0 Å². The maximum absolute atomic E-state index is 9.52. The molecule has 20 heavy (non-hydrogen) atoms. The summed E-state index contributed by atoms with van der Waals surface area (Å²) in [5, 5.41) is 9.52. The highest BCUT2D eigenvalue weighted by molar-refractivity contribution is 5.22. The summed E-state index contributed by atoms with van der Waals surface area (Å²) < 4.78 is 11.8. The van der Waals surface area contributed by atoms with Crippen LogP contribution in [0.5, 0.6) is 0 Å². The van der Waals surface area contributed by atoms with Gasteiger partial charge in [0.2, 0.25) is 0 Å². The number of epoxide rings is 1. The minimum absolute atomic E-state index is 0.0149. The highest BCUT2D eigenvalue weighted by Crippen LogP contribution is 2.69. The molecule has 1 N–H and O–H groups in total. The molecule has 0 aromatic heterocycles. The highest BCUT2D eigenvalue weighted by atomic mass is 16.6. The quantitative estimate of drug-likeness (QED) is 0.636. The van der Waals surface area contributed by atoms with Crippen LogP contribution in [0.4, 0.5) is 0 Å². The molecule has 0 amide bonds. The topological polar surface area (TPSA) is 42.0 Å². The van der Waals surface area contributed by atoms with Crippen LogP contribution in [0, 0.1) is 22.7 Å². The van der Waals surface area contributed by atoms with Crippen LogP contribution in [0.1, 0.15) is 40.0 Å². The predicted octanol–water partition coefficient (Wildman–Crippen LogP) is 2.78. The molecule has 1 aliphatic heterocycles. The SMILES string of the molecule is C=C[C@@]1(CCO)C[C@H]2[C@@H](CC3O[C@@]3(C)[C@@H]2OC)C1(C)C. The van der Waals surface area contributed by atoms with E-state index >= 15 is 0 Å². The predicted molar refractivity (Wildman–Crippen MR) is 78.4 cm³/mol. The zero-order chi connectivity index (χ0) is 14.8. The second-order valence-corrected chi connectivity index (χ2v) is 7.71. The van der Waals surface area contributed by atoms with Crippen molar-refractivity contribution in [2.24, 2.45) is 22.7 Å². The summed E-state index contributed by atoms with van der Waals surface area (Å²) in [7, 11) is 1.81. The smallest absolute Gasteiger partial charge is 0.118 e. The third kappa shape index (κ3) is 1.57. The van der Waals surface area contributed by atoms with Crippen LogP contribution in [0.2, 0.25) is 0 Å². The molecule has 114 valence electrons. The van der Waals surface area contributed by atoms with Crippen molar-refractivity contribution >= 4 is 0 Å². The fourth-order valence-corrected chi connectivity index (χ4v) is 5.46. The van der Waals surface area contributed by atoms with Gasteiger partial charge in [-0.05, 0) is 48.9 Å². The number of fused-ring (bicyclic) bond motifs is 2. The number of aliphatic hydroxyl groups is 1. The summed E-state index contributed by atoms with van der Waals surface area (Å²) in [6, 6.07) is 0. The van der Waals surface area contributed by atoms with E-state index < -0.39 is 0 Å². The number of aliphatic hydroxyl groups excluding tert-OH is 1. The minimum Gasteiger partial charge on any atom is -0.396 e. The van der Waals surface area contributed by atoms with Crippen LogP contribution < -0.4 is 0 Å². The molecule has 1 saturated heterocycles. The molecular formula is C17H28O3. The van der Waals surface area contributed by atoms with Gasteiger partial charge >= 0.3 is 0 Å². The van der Waals surface area contributed by atoms with Gasteiger partial charge in [-0.2, -0.15) is 0 Å². The van der Waals surface area contributed by atoms with Crippen LogP contribution in [0.15, 0.2) is 12.7 Å². The summed E-state index contributed by atoms with van der Waals surface area (Å²) in [6.07, 6.45) is 5.60. The van der Waals surface area contributed by atoms with Gasteiger partial charge in [0.05, 0.1) is 12.2 Å². The standard InChI is InChI=1S/C17H28O3/c1-6-17(7-8-18)10-11-12(15(17,2)3)9-13-16(4,20-13)14(11)19-5/h6,11-14,18H,1,7-10H2,2-5H3/t11-,12+,13?,14+,16+,17+/m0/s1. The molecule has 2 aliphatic carbocycles. The zero-order valence-electron chi connectivity index (χ0n) is 13.2. The minimum atomic E-state index is -0.0809. The Kier molecular flexibility index (Phi) is 3.14. The molecule has 0 aromatic carbocycles. The first-order valence-corrected chi connectivity index (χ1v) is 7.81. The molecule has 3 fully saturated rings. The first kappa shape index (κ1) is 14.6. The molecule has 0 spiro atoms. The van der Waals surface area contributed by atoms with Crippen LogP contribution in [0.3, 0.4) is 0 Å². The lowest BCUT2D eigenvalue weighted by Gasteiger charge is -2.44. The summed E-state index contributed by atoms with van der Waals surface area (Å²) in [5.74, 6) is 1.08. The van der Waals surface area contributed by atoms with E-state index in [0.29, 0.717) is 17.9 Å². The maximum Gasteiger partial charge on any atom is 0.118 e. The van der Waals surface area contributed by atoms with Crippen molar-refractivity contribution in [3.63, 3.8) is 0 Å². The third-order valence-corrected chi connectivity index (χ3v) is 6.93. The number of allylic oxidation sites excluding steroid dienone is 1. The van der Waals surface area contributed by atoms with Gasteiger partial charge in [-0.1, -0.05) is 19.9 Å². The van der Waals surface area contributed by atoms with E-state index in [2.05, 4.69) is 33.4 Å². The van der Waals surface area contributed by atoms with E-state index in [0.717, 1.165) is 19.3 Å². The van der Waals surface area contributed by atoms with Crippen molar-refractivity contribution in [1.29, 1.82) is 0 Å². The summed E-state index contributed by atoms with van der Waals surface area (Å²) in [6.45, 7) is 11.2. The second-order valence-electron chi connectivity index (χ2n) is 7.71. The molecule has 6 atom stereocenters. The largest absolute Gasteiger partial charge is 0.396 e. The molecular weight excluding hydrogens is 252 g/mol. The van der Waals surface area contributed by atoms with Crippen molar-refractivity contribution in [3.8, 4) is 0 Å². The van der Waals surface area contributed by atoms with Gasteiger partial charge in [-0.15, -0.1) is 6.58 Å². The second kappa shape index (κ2) is 4.31. The Hall–Kier alpha value is -0.380. The molecule has 3 heteroatoms. The van der Waals surface area contributed by atoms with E-state index in [1.165, 1.54) is 0 Å².